The molecule has 40 heavy (non-hydrogen) atoms. The highest BCUT2D eigenvalue weighted by Gasteiger charge is 2.44. The summed E-state index contributed by atoms with van der Waals surface area (Å²) in [6, 6.07) is 18.2. The van der Waals surface area contributed by atoms with Crippen LogP contribution in [0, 0.1) is 5.82 Å². The third-order valence-electron chi connectivity index (χ3n) is 7.49. The first-order chi connectivity index (χ1) is 19.3. The number of rotatable bonds is 10. The molecule has 0 amide bonds. The number of hydrogen-bond donors (Lipinski definition) is 4. The quantitative estimate of drug-likeness (QED) is 0.226. The zero-order chi connectivity index (χ0) is 28.3. The van der Waals surface area contributed by atoms with Crippen molar-refractivity contribution in [2.24, 2.45) is 5.73 Å². The first-order valence-corrected chi connectivity index (χ1v) is 13.3. The van der Waals surface area contributed by atoms with Crippen molar-refractivity contribution in [1.29, 1.82) is 0 Å². The van der Waals surface area contributed by atoms with Crippen LogP contribution in [0.4, 0.5) is 4.39 Å². The number of hydrogen-bond acceptors (Lipinski definition) is 7. The van der Waals surface area contributed by atoms with E-state index in [9.17, 15) is 9.18 Å². The van der Waals surface area contributed by atoms with Crippen LogP contribution in [0.1, 0.15) is 52.5 Å². The molecule has 0 spiro atoms. The fourth-order valence-corrected chi connectivity index (χ4v) is 5.81. The average molecular weight is 547 g/mol. The number of aromatic amines is 1. The van der Waals surface area contributed by atoms with E-state index in [4.69, 9.17) is 20.5 Å². The van der Waals surface area contributed by atoms with Crippen LogP contribution in [-0.4, -0.2) is 35.0 Å². The summed E-state index contributed by atoms with van der Waals surface area (Å²) in [5.41, 5.74) is 18.2. The minimum Gasteiger partial charge on any atom is -0.328 e. The number of fused-ring (bicyclic) bond motifs is 2. The molecule has 1 aliphatic carbocycles. The number of nitrogens with two attached hydrogens (primary N) is 1. The van der Waals surface area contributed by atoms with E-state index in [0.717, 1.165) is 46.2 Å². The van der Waals surface area contributed by atoms with Gasteiger partial charge in [-0.2, -0.15) is 15.6 Å². The molecule has 1 aromatic heterocycles. The number of aromatic nitrogens is 3. The van der Waals surface area contributed by atoms with E-state index in [2.05, 4.69) is 52.3 Å². The molecule has 1 aliphatic rings. The Morgan fingerprint density at radius 1 is 0.975 bits per heavy atom. The standard InChI is InChI=1S/C30H35FN6O3/c1-19(32)16-30(28-35-29(38)37(36-28)25-10-8-24(31)9-11-25)26-12-4-20(17-33-39-2)14-22(26)6-7-23-15-21(18-34-40-3)5-13-27(23)30/h4-5,8-15,19,33-34H,6-7,16-18,32H2,1-3H3,(H,35,36,38)/t19-/m0/s1. The zero-order valence-electron chi connectivity index (χ0n) is 23.0. The summed E-state index contributed by atoms with van der Waals surface area (Å²) in [6.45, 7) is 3.08. The highest BCUT2D eigenvalue weighted by Crippen LogP contribution is 2.46. The van der Waals surface area contributed by atoms with Gasteiger partial charge in [-0.25, -0.2) is 9.18 Å². The Labute approximate surface area is 232 Å². The SMILES string of the molecule is CONCc1ccc2c(c1)CCc1cc(CNOC)ccc1C2(C[C@H](C)N)c1nn(-c2ccc(F)cc2)c(=O)[nH]1. The largest absolute Gasteiger partial charge is 0.348 e. The van der Waals surface area contributed by atoms with Crippen molar-refractivity contribution in [3.8, 4) is 5.69 Å². The van der Waals surface area contributed by atoms with Crippen LogP contribution in [0.3, 0.4) is 0 Å². The van der Waals surface area contributed by atoms with Gasteiger partial charge in [-0.15, -0.1) is 5.10 Å². The molecule has 0 aliphatic heterocycles. The topological polar surface area (TPSA) is 119 Å². The Bertz CT molecular complexity index is 1470. The van der Waals surface area contributed by atoms with Crippen molar-refractivity contribution in [3.05, 3.63) is 116 Å². The monoisotopic (exact) mass is 546 g/mol. The Morgan fingerprint density at radius 2 is 1.52 bits per heavy atom. The summed E-state index contributed by atoms with van der Waals surface area (Å²) >= 11 is 0. The lowest BCUT2D eigenvalue weighted by Crippen LogP contribution is -2.38. The zero-order valence-corrected chi connectivity index (χ0v) is 23.0. The Kier molecular flexibility index (Phi) is 8.24. The van der Waals surface area contributed by atoms with Crippen LogP contribution < -0.4 is 22.4 Å². The van der Waals surface area contributed by atoms with E-state index in [-0.39, 0.29) is 11.9 Å². The highest BCUT2D eigenvalue weighted by molar-refractivity contribution is 5.56. The lowest BCUT2D eigenvalue weighted by atomic mass is 9.68. The molecular formula is C30H35FN6O3. The molecule has 5 rings (SSSR count). The average Bonchev–Trinajstić information content (AvgIpc) is 3.28. The Hall–Kier alpha value is -3.67. The molecule has 1 atom stereocenters. The van der Waals surface area contributed by atoms with Gasteiger partial charge in [-0.3, -0.25) is 4.98 Å². The molecule has 5 N–H and O–H groups in total. The predicted molar refractivity (Wildman–Crippen MR) is 150 cm³/mol. The van der Waals surface area contributed by atoms with Crippen molar-refractivity contribution < 1.29 is 14.1 Å². The van der Waals surface area contributed by atoms with E-state index < -0.39 is 11.1 Å². The fraction of sp³-hybridized carbons (Fsp3) is 0.333. The molecule has 3 aromatic carbocycles. The van der Waals surface area contributed by atoms with Gasteiger partial charge in [0.15, 0.2) is 0 Å². The van der Waals surface area contributed by atoms with Gasteiger partial charge in [0.1, 0.15) is 11.6 Å². The van der Waals surface area contributed by atoms with Crippen molar-refractivity contribution in [2.45, 2.75) is 50.7 Å². The number of nitrogens with one attached hydrogen (secondary N) is 3. The molecule has 210 valence electrons. The van der Waals surface area contributed by atoms with Crippen molar-refractivity contribution in [3.63, 3.8) is 0 Å². The van der Waals surface area contributed by atoms with Gasteiger partial charge in [-0.05, 0) is 83.8 Å². The second-order valence-corrected chi connectivity index (χ2v) is 10.3. The van der Waals surface area contributed by atoms with Gasteiger partial charge < -0.3 is 15.4 Å². The maximum absolute atomic E-state index is 13.6. The minimum absolute atomic E-state index is 0.219. The lowest BCUT2D eigenvalue weighted by Gasteiger charge is -2.36. The van der Waals surface area contributed by atoms with Gasteiger partial charge in [0.2, 0.25) is 0 Å². The summed E-state index contributed by atoms with van der Waals surface area (Å²) < 4.78 is 14.9. The molecule has 10 heteroatoms. The van der Waals surface area contributed by atoms with Gasteiger partial charge >= 0.3 is 5.69 Å². The highest BCUT2D eigenvalue weighted by atomic mass is 19.1. The summed E-state index contributed by atoms with van der Waals surface area (Å²) in [4.78, 5) is 26.5. The predicted octanol–water partition coefficient (Wildman–Crippen LogP) is 3.17. The third-order valence-corrected chi connectivity index (χ3v) is 7.49. The van der Waals surface area contributed by atoms with Crippen LogP contribution in [0.15, 0.2) is 65.5 Å². The molecule has 1 heterocycles. The molecule has 0 saturated heterocycles. The lowest BCUT2D eigenvalue weighted by molar-refractivity contribution is 0.0866. The molecular weight excluding hydrogens is 511 g/mol. The van der Waals surface area contributed by atoms with Crippen LogP contribution in [0.2, 0.25) is 0 Å². The van der Waals surface area contributed by atoms with Crippen molar-refractivity contribution in [2.75, 3.05) is 14.2 Å². The number of hydroxylamine groups is 2. The Balaban J connectivity index is 1.76. The number of benzene rings is 3. The van der Waals surface area contributed by atoms with Gasteiger partial charge in [-0.1, -0.05) is 36.4 Å². The molecule has 0 unspecified atom stereocenters. The first-order valence-electron chi connectivity index (χ1n) is 13.3. The van der Waals surface area contributed by atoms with E-state index in [1.807, 2.05) is 6.92 Å². The molecule has 0 saturated carbocycles. The molecule has 0 radical (unpaired) electrons. The minimum atomic E-state index is -0.833. The summed E-state index contributed by atoms with van der Waals surface area (Å²) in [6.07, 6.45) is 2.11. The van der Waals surface area contributed by atoms with E-state index in [0.29, 0.717) is 31.0 Å². The number of halogens is 1. The first kappa shape index (κ1) is 27.9. The van der Waals surface area contributed by atoms with Crippen molar-refractivity contribution >= 4 is 0 Å². The maximum Gasteiger partial charge on any atom is 0.348 e. The van der Waals surface area contributed by atoms with Crippen LogP contribution in [0.5, 0.6) is 0 Å². The van der Waals surface area contributed by atoms with E-state index in [1.54, 1.807) is 26.4 Å². The van der Waals surface area contributed by atoms with Crippen molar-refractivity contribution in [1.82, 2.24) is 25.7 Å². The summed E-state index contributed by atoms with van der Waals surface area (Å²) in [5.74, 6) is 0.110. The second-order valence-electron chi connectivity index (χ2n) is 10.3. The number of aryl methyl sites for hydroxylation is 2. The summed E-state index contributed by atoms with van der Waals surface area (Å²) in [7, 11) is 3.19. The van der Waals surface area contributed by atoms with Crippen LogP contribution in [0.25, 0.3) is 5.69 Å². The Morgan fingerprint density at radius 3 is 2.02 bits per heavy atom. The molecule has 4 aromatic rings. The molecule has 9 nitrogen and oxygen atoms in total. The fourth-order valence-electron chi connectivity index (χ4n) is 5.81. The second kappa shape index (κ2) is 11.8. The smallest absolute Gasteiger partial charge is 0.328 e. The van der Waals surface area contributed by atoms with Gasteiger partial charge in [0.05, 0.1) is 25.3 Å². The molecule has 0 fully saturated rings. The number of H-pyrrole nitrogens is 1. The van der Waals surface area contributed by atoms with Crippen LogP contribution >= 0.6 is 0 Å². The molecule has 0 bridgehead atoms. The number of nitrogens with zero attached hydrogens (tertiary/aromatic N) is 2. The normalized spacial score (nSPS) is 14.8. The maximum atomic E-state index is 13.6. The summed E-state index contributed by atoms with van der Waals surface area (Å²) in [5, 5.41) is 4.85. The van der Waals surface area contributed by atoms with E-state index >= 15 is 0 Å². The third kappa shape index (κ3) is 5.36. The van der Waals surface area contributed by atoms with E-state index in [1.165, 1.54) is 16.8 Å². The van der Waals surface area contributed by atoms with Crippen LogP contribution in [-0.2, 0) is 41.0 Å². The van der Waals surface area contributed by atoms with Gasteiger partial charge in [0.25, 0.3) is 0 Å². The van der Waals surface area contributed by atoms with Gasteiger partial charge in [0, 0.05) is 19.1 Å².